The van der Waals surface area contributed by atoms with E-state index in [0.717, 1.165) is 25.2 Å². The lowest BCUT2D eigenvalue weighted by Crippen LogP contribution is -2.31. The number of rotatable bonds is 1. The molecule has 5 heteroatoms. The van der Waals surface area contributed by atoms with Gasteiger partial charge in [-0.3, -0.25) is 0 Å². The predicted molar refractivity (Wildman–Crippen MR) is 72.4 cm³/mol. The van der Waals surface area contributed by atoms with Gasteiger partial charge < -0.3 is 10.6 Å². The minimum absolute atomic E-state index is 0.392. The SMILES string of the molecule is N#Cc1ccnc(N2CCc3ccc(N)cc3C2)n1. The first-order valence-corrected chi connectivity index (χ1v) is 6.11. The molecule has 0 unspecified atom stereocenters. The number of benzene rings is 1. The summed E-state index contributed by atoms with van der Waals surface area (Å²) in [5.74, 6) is 0.604. The van der Waals surface area contributed by atoms with Crippen LogP contribution in [0.2, 0.25) is 0 Å². The van der Waals surface area contributed by atoms with Crippen molar-refractivity contribution in [3.05, 3.63) is 47.3 Å². The van der Waals surface area contributed by atoms with Gasteiger partial charge in [-0.2, -0.15) is 5.26 Å². The largest absolute Gasteiger partial charge is 0.399 e. The summed E-state index contributed by atoms with van der Waals surface area (Å²) in [6.45, 7) is 1.58. The van der Waals surface area contributed by atoms with Crippen molar-refractivity contribution in [2.45, 2.75) is 13.0 Å². The Balaban J connectivity index is 1.91. The van der Waals surface area contributed by atoms with Crippen molar-refractivity contribution in [2.24, 2.45) is 0 Å². The van der Waals surface area contributed by atoms with E-state index in [1.807, 2.05) is 18.2 Å². The average Bonchev–Trinajstić information content (AvgIpc) is 2.46. The quantitative estimate of drug-likeness (QED) is 0.777. The zero-order valence-corrected chi connectivity index (χ0v) is 10.4. The van der Waals surface area contributed by atoms with Gasteiger partial charge in [-0.05, 0) is 35.7 Å². The fourth-order valence-electron chi connectivity index (χ4n) is 2.31. The maximum atomic E-state index is 8.88. The first kappa shape index (κ1) is 11.5. The van der Waals surface area contributed by atoms with E-state index < -0.39 is 0 Å². The van der Waals surface area contributed by atoms with Crippen LogP contribution in [0.5, 0.6) is 0 Å². The molecular formula is C14H13N5. The van der Waals surface area contributed by atoms with Gasteiger partial charge in [0.25, 0.3) is 0 Å². The van der Waals surface area contributed by atoms with Gasteiger partial charge in [0, 0.05) is 25.0 Å². The molecule has 19 heavy (non-hydrogen) atoms. The van der Waals surface area contributed by atoms with Crippen LogP contribution in [0.4, 0.5) is 11.6 Å². The molecule has 0 radical (unpaired) electrons. The zero-order valence-electron chi connectivity index (χ0n) is 10.4. The third kappa shape index (κ3) is 2.20. The van der Waals surface area contributed by atoms with Crippen LogP contribution in [0.3, 0.4) is 0 Å². The van der Waals surface area contributed by atoms with Crippen LogP contribution in [0, 0.1) is 11.3 Å². The molecule has 1 aromatic heterocycles. The summed E-state index contributed by atoms with van der Waals surface area (Å²) in [6, 6.07) is 9.65. The van der Waals surface area contributed by atoms with Crippen molar-refractivity contribution in [3.8, 4) is 6.07 Å². The van der Waals surface area contributed by atoms with Gasteiger partial charge in [-0.25, -0.2) is 9.97 Å². The summed E-state index contributed by atoms with van der Waals surface area (Å²) in [7, 11) is 0. The van der Waals surface area contributed by atoms with E-state index in [1.54, 1.807) is 12.3 Å². The lowest BCUT2D eigenvalue weighted by molar-refractivity contribution is 0.707. The minimum Gasteiger partial charge on any atom is -0.399 e. The number of hydrogen-bond donors (Lipinski definition) is 1. The molecule has 1 aliphatic rings. The second kappa shape index (κ2) is 4.58. The Bertz CT molecular complexity index is 659. The Labute approximate surface area is 111 Å². The van der Waals surface area contributed by atoms with E-state index >= 15 is 0 Å². The highest BCUT2D eigenvalue weighted by molar-refractivity contribution is 5.48. The van der Waals surface area contributed by atoms with Gasteiger partial charge in [0.05, 0.1) is 0 Å². The molecule has 5 nitrogen and oxygen atoms in total. The van der Waals surface area contributed by atoms with Gasteiger partial charge in [0.15, 0.2) is 0 Å². The zero-order chi connectivity index (χ0) is 13.2. The number of hydrogen-bond acceptors (Lipinski definition) is 5. The fraction of sp³-hybridized carbons (Fsp3) is 0.214. The molecule has 0 bridgehead atoms. The molecule has 94 valence electrons. The minimum atomic E-state index is 0.392. The lowest BCUT2D eigenvalue weighted by Gasteiger charge is -2.29. The van der Waals surface area contributed by atoms with Crippen molar-refractivity contribution >= 4 is 11.6 Å². The number of aromatic nitrogens is 2. The molecule has 1 aromatic carbocycles. The number of fused-ring (bicyclic) bond motifs is 1. The van der Waals surface area contributed by atoms with Crippen molar-refractivity contribution in [3.63, 3.8) is 0 Å². The molecule has 3 rings (SSSR count). The summed E-state index contributed by atoms with van der Waals surface area (Å²) >= 11 is 0. The summed E-state index contributed by atoms with van der Waals surface area (Å²) < 4.78 is 0. The molecule has 0 saturated heterocycles. The average molecular weight is 251 g/mol. The Morgan fingerprint density at radius 3 is 3.00 bits per heavy atom. The van der Waals surface area contributed by atoms with E-state index in [0.29, 0.717) is 11.6 Å². The van der Waals surface area contributed by atoms with Crippen LogP contribution in [-0.4, -0.2) is 16.5 Å². The molecule has 0 saturated carbocycles. The Morgan fingerprint density at radius 2 is 2.16 bits per heavy atom. The van der Waals surface area contributed by atoms with Crippen LogP contribution in [0.15, 0.2) is 30.5 Å². The van der Waals surface area contributed by atoms with Crippen LogP contribution in [0.25, 0.3) is 0 Å². The number of nitrogens with zero attached hydrogens (tertiary/aromatic N) is 4. The van der Waals surface area contributed by atoms with Crippen molar-refractivity contribution in [2.75, 3.05) is 17.2 Å². The first-order chi connectivity index (χ1) is 9.26. The normalized spacial score (nSPS) is 13.7. The lowest BCUT2D eigenvalue weighted by atomic mass is 9.99. The first-order valence-electron chi connectivity index (χ1n) is 6.11. The van der Waals surface area contributed by atoms with Crippen molar-refractivity contribution in [1.29, 1.82) is 5.26 Å². The Kier molecular flexibility index (Phi) is 2.76. The predicted octanol–water partition coefficient (Wildman–Crippen LogP) is 1.49. The standard InChI is InChI=1S/C14H13N5/c15-8-13-3-5-17-14(18-13)19-6-4-10-1-2-12(16)7-11(10)9-19/h1-3,5,7H,4,6,9,16H2. The third-order valence-corrected chi connectivity index (χ3v) is 3.28. The maximum absolute atomic E-state index is 8.88. The van der Waals surface area contributed by atoms with Gasteiger partial charge in [-0.1, -0.05) is 6.07 Å². The second-order valence-electron chi connectivity index (χ2n) is 4.55. The maximum Gasteiger partial charge on any atom is 0.226 e. The highest BCUT2D eigenvalue weighted by Gasteiger charge is 2.18. The molecule has 0 amide bonds. The van der Waals surface area contributed by atoms with E-state index in [2.05, 4.69) is 20.9 Å². The van der Waals surface area contributed by atoms with Crippen LogP contribution in [-0.2, 0) is 13.0 Å². The number of nitrogen functional groups attached to an aromatic ring is 1. The van der Waals surface area contributed by atoms with Gasteiger partial charge in [0.2, 0.25) is 5.95 Å². The van der Waals surface area contributed by atoms with E-state index in [-0.39, 0.29) is 0 Å². The Morgan fingerprint density at radius 1 is 1.26 bits per heavy atom. The topological polar surface area (TPSA) is 78.8 Å². The number of nitrogens with two attached hydrogens (primary N) is 1. The molecule has 0 fully saturated rings. The fourth-order valence-corrected chi connectivity index (χ4v) is 2.31. The third-order valence-electron chi connectivity index (χ3n) is 3.28. The number of nitriles is 1. The summed E-state index contributed by atoms with van der Waals surface area (Å²) in [4.78, 5) is 10.5. The summed E-state index contributed by atoms with van der Waals surface area (Å²) in [5, 5.41) is 8.88. The monoisotopic (exact) mass is 251 g/mol. The molecular weight excluding hydrogens is 238 g/mol. The van der Waals surface area contributed by atoms with Crippen LogP contribution >= 0.6 is 0 Å². The van der Waals surface area contributed by atoms with Gasteiger partial charge >= 0.3 is 0 Å². The van der Waals surface area contributed by atoms with Gasteiger partial charge in [0.1, 0.15) is 11.8 Å². The number of anilines is 2. The van der Waals surface area contributed by atoms with Crippen LogP contribution in [0.1, 0.15) is 16.8 Å². The molecule has 1 aliphatic heterocycles. The molecule has 0 atom stereocenters. The summed E-state index contributed by atoms with van der Waals surface area (Å²) in [6.07, 6.45) is 2.56. The van der Waals surface area contributed by atoms with E-state index in [4.69, 9.17) is 11.0 Å². The van der Waals surface area contributed by atoms with Crippen molar-refractivity contribution < 1.29 is 0 Å². The Hall–Kier alpha value is -2.61. The van der Waals surface area contributed by atoms with Crippen LogP contribution < -0.4 is 10.6 Å². The van der Waals surface area contributed by atoms with E-state index in [1.165, 1.54) is 11.1 Å². The summed E-state index contributed by atoms with van der Waals surface area (Å²) in [5.41, 5.74) is 9.51. The van der Waals surface area contributed by atoms with Gasteiger partial charge in [-0.15, -0.1) is 0 Å². The molecule has 0 spiro atoms. The highest BCUT2D eigenvalue weighted by Crippen LogP contribution is 2.23. The molecule has 0 aliphatic carbocycles. The highest BCUT2D eigenvalue weighted by atomic mass is 15.2. The molecule has 2 N–H and O–H groups in total. The second-order valence-corrected chi connectivity index (χ2v) is 4.55. The smallest absolute Gasteiger partial charge is 0.226 e. The van der Waals surface area contributed by atoms with E-state index in [9.17, 15) is 0 Å². The van der Waals surface area contributed by atoms with Crippen molar-refractivity contribution in [1.82, 2.24) is 9.97 Å². The molecule has 2 aromatic rings. The molecule has 2 heterocycles.